The van der Waals surface area contributed by atoms with Gasteiger partial charge in [0.25, 0.3) is 5.69 Å². The van der Waals surface area contributed by atoms with Crippen LogP contribution in [-0.2, 0) is 6.42 Å². The predicted octanol–water partition coefficient (Wildman–Crippen LogP) is 4.07. The van der Waals surface area contributed by atoms with E-state index in [0.717, 1.165) is 41.8 Å². The van der Waals surface area contributed by atoms with Crippen LogP contribution < -0.4 is 5.32 Å². The first kappa shape index (κ1) is 15.4. The van der Waals surface area contributed by atoms with E-state index in [-0.39, 0.29) is 10.6 Å². The van der Waals surface area contributed by atoms with Crippen LogP contribution in [0, 0.1) is 16.0 Å². The van der Waals surface area contributed by atoms with Crippen molar-refractivity contribution >= 4 is 21.6 Å². The van der Waals surface area contributed by atoms with Crippen LogP contribution in [0.2, 0.25) is 0 Å². The number of benzene rings is 1. The van der Waals surface area contributed by atoms with Crippen molar-refractivity contribution < 1.29 is 4.92 Å². The summed E-state index contributed by atoms with van der Waals surface area (Å²) < 4.78 is 0.760. The summed E-state index contributed by atoms with van der Waals surface area (Å²) in [5.41, 5.74) is 1.06. The van der Waals surface area contributed by atoms with Crippen molar-refractivity contribution in [3.8, 4) is 0 Å². The molecule has 5 heteroatoms. The summed E-state index contributed by atoms with van der Waals surface area (Å²) in [6.07, 6.45) is 5.46. The Kier molecular flexibility index (Phi) is 5.54. The van der Waals surface area contributed by atoms with E-state index in [1.165, 1.54) is 12.8 Å². The average molecular weight is 341 g/mol. The molecule has 0 aliphatic heterocycles. The fraction of sp³-hybridized carbons (Fsp3) is 0.600. The van der Waals surface area contributed by atoms with Gasteiger partial charge in [-0.25, -0.2) is 0 Å². The fourth-order valence-corrected chi connectivity index (χ4v) is 2.91. The molecule has 1 atom stereocenters. The van der Waals surface area contributed by atoms with Gasteiger partial charge < -0.3 is 5.32 Å². The second-order valence-corrected chi connectivity index (χ2v) is 6.38. The van der Waals surface area contributed by atoms with Crippen molar-refractivity contribution in [3.05, 3.63) is 38.3 Å². The lowest BCUT2D eigenvalue weighted by molar-refractivity contribution is -0.385. The molecule has 0 saturated heterocycles. The van der Waals surface area contributed by atoms with Gasteiger partial charge in [0, 0.05) is 22.1 Å². The second kappa shape index (κ2) is 7.18. The number of hydrogen-bond donors (Lipinski definition) is 1. The van der Waals surface area contributed by atoms with E-state index < -0.39 is 0 Å². The molecule has 1 aromatic carbocycles. The summed E-state index contributed by atoms with van der Waals surface area (Å²) in [7, 11) is 0. The van der Waals surface area contributed by atoms with Crippen LogP contribution in [0.15, 0.2) is 22.7 Å². The first-order valence-corrected chi connectivity index (χ1v) is 8.07. The molecule has 1 aliphatic carbocycles. The van der Waals surface area contributed by atoms with Crippen molar-refractivity contribution in [2.75, 3.05) is 6.54 Å². The molecular formula is C15H21BrN2O2. The van der Waals surface area contributed by atoms with Gasteiger partial charge in [0.15, 0.2) is 0 Å². The molecule has 4 nitrogen and oxygen atoms in total. The molecule has 0 amide bonds. The molecule has 110 valence electrons. The number of nitro benzene ring substituents is 1. The van der Waals surface area contributed by atoms with Crippen molar-refractivity contribution in [3.63, 3.8) is 0 Å². The van der Waals surface area contributed by atoms with Gasteiger partial charge in [-0.3, -0.25) is 10.1 Å². The highest BCUT2D eigenvalue weighted by Crippen LogP contribution is 2.35. The van der Waals surface area contributed by atoms with E-state index in [1.807, 2.05) is 12.1 Å². The zero-order valence-electron chi connectivity index (χ0n) is 11.8. The number of nitrogens with zero attached hydrogens (tertiary/aromatic N) is 1. The van der Waals surface area contributed by atoms with E-state index in [2.05, 4.69) is 28.2 Å². The van der Waals surface area contributed by atoms with E-state index in [1.54, 1.807) is 6.07 Å². The summed E-state index contributed by atoms with van der Waals surface area (Å²) in [6, 6.07) is 5.86. The molecule has 1 unspecified atom stereocenters. The number of rotatable bonds is 8. The van der Waals surface area contributed by atoms with Gasteiger partial charge in [-0.05, 0) is 50.6 Å². The number of hydrogen-bond acceptors (Lipinski definition) is 3. The molecule has 1 aromatic rings. The third-order valence-corrected chi connectivity index (χ3v) is 4.31. The summed E-state index contributed by atoms with van der Waals surface area (Å²) in [5.74, 6) is 0.774. The van der Waals surface area contributed by atoms with Crippen molar-refractivity contribution in [1.82, 2.24) is 5.32 Å². The largest absolute Gasteiger partial charge is 0.314 e. The van der Waals surface area contributed by atoms with Crippen LogP contribution in [0.5, 0.6) is 0 Å². The molecular weight excluding hydrogens is 320 g/mol. The summed E-state index contributed by atoms with van der Waals surface area (Å²) in [4.78, 5) is 10.8. The normalized spacial score (nSPS) is 16.1. The molecule has 1 fully saturated rings. The average Bonchev–Trinajstić information content (AvgIpc) is 3.24. The fourth-order valence-electron chi connectivity index (χ4n) is 2.56. The SMILES string of the molecule is CCCNC(CCc1ccc(Br)cc1[N+](=O)[O-])C1CC1. The number of aryl methyl sites for hydroxylation is 1. The summed E-state index contributed by atoms with van der Waals surface area (Å²) in [6.45, 7) is 3.19. The Labute approximate surface area is 128 Å². The Hall–Kier alpha value is -0.940. The molecule has 0 bridgehead atoms. The van der Waals surface area contributed by atoms with Gasteiger partial charge >= 0.3 is 0 Å². The van der Waals surface area contributed by atoms with Crippen LogP contribution in [0.1, 0.15) is 38.2 Å². The molecule has 2 rings (SSSR count). The Morgan fingerprint density at radius 3 is 2.85 bits per heavy atom. The molecule has 0 heterocycles. The Balaban J connectivity index is 2.00. The van der Waals surface area contributed by atoms with Gasteiger partial charge in [-0.1, -0.05) is 28.9 Å². The monoisotopic (exact) mass is 340 g/mol. The van der Waals surface area contributed by atoms with Crippen LogP contribution in [0.4, 0.5) is 5.69 Å². The quantitative estimate of drug-likeness (QED) is 0.573. The minimum absolute atomic E-state index is 0.226. The first-order valence-electron chi connectivity index (χ1n) is 7.28. The molecule has 1 saturated carbocycles. The van der Waals surface area contributed by atoms with Gasteiger partial charge in [-0.15, -0.1) is 0 Å². The van der Waals surface area contributed by atoms with Crippen LogP contribution in [0.25, 0.3) is 0 Å². The smallest absolute Gasteiger partial charge is 0.273 e. The lowest BCUT2D eigenvalue weighted by Gasteiger charge is -2.17. The topological polar surface area (TPSA) is 55.2 Å². The Morgan fingerprint density at radius 2 is 2.25 bits per heavy atom. The highest BCUT2D eigenvalue weighted by Gasteiger charge is 2.30. The molecule has 1 N–H and O–H groups in total. The van der Waals surface area contributed by atoms with Crippen LogP contribution in [-0.4, -0.2) is 17.5 Å². The Bertz CT molecular complexity index is 475. The number of nitrogens with one attached hydrogen (secondary N) is 1. The maximum Gasteiger partial charge on any atom is 0.273 e. The third-order valence-electron chi connectivity index (χ3n) is 3.82. The van der Waals surface area contributed by atoms with E-state index in [0.29, 0.717) is 6.04 Å². The highest BCUT2D eigenvalue weighted by molar-refractivity contribution is 9.10. The maximum atomic E-state index is 11.1. The van der Waals surface area contributed by atoms with Gasteiger partial charge in [0.1, 0.15) is 0 Å². The summed E-state index contributed by atoms with van der Waals surface area (Å²) in [5, 5.41) is 14.7. The Morgan fingerprint density at radius 1 is 1.50 bits per heavy atom. The van der Waals surface area contributed by atoms with Crippen molar-refractivity contribution in [2.45, 2.75) is 45.1 Å². The highest BCUT2D eigenvalue weighted by atomic mass is 79.9. The zero-order chi connectivity index (χ0) is 14.5. The van der Waals surface area contributed by atoms with Gasteiger partial charge in [0.2, 0.25) is 0 Å². The van der Waals surface area contributed by atoms with E-state index in [9.17, 15) is 10.1 Å². The molecule has 0 spiro atoms. The van der Waals surface area contributed by atoms with Crippen LogP contribution in [0.3, 0.4) is 0 Å². The molecule has 0 aromatic heterocycles. The maximum absolute atomic E-state index is 11.1. The van der Waals surface area contributed by atoms with E-state index in [4.69, 9.17) is 0 Å². The van der Waals surface area contributed by atoms with E-state index >= 15 is 0 Å². The molecule has 0 radical (unpaired) electrons. The summed E-state index contributed by atoms with van der Waals surface area (Å²) >= 11 is 3.30. The van der Waals surface area contributed by atoms with Crippen LogP contribution >= 0.6 is 15.9 Å². The predicted molar refractivity (Wildman–Crippen MR) is 83.9 cm³/mol. The number of nitro groups is 1. The second-order valence-electron chi connectivity index (χ2n) is 5.47. The van der Waals surface area contributed by atoms with Gasteiger partial charge in [0.05, 0.1) is 4.92 Å². The minimum Gasteiger partial charge on any atom is -0.314 e. The third kappa shape index (κ3) is 4.28. The zero-order valence-corrected chi connectivity index (χ0v) is 13.4. The van der Waals surface area contributed by atoms with Crippen molar-refractivity contribution in [2.24, 2.45) is 5.92 Å². The number of halogens is 1. The lowest BCUT2D eigenvalue weighted by atomic mass is 10.0. The lowest BCUT2D eigenvalue weighted by Crippen LogP contribution is -2.32. The van der Waals surface area contributed by atoms with Gasteiger partial charge in [-0.2, -0.15) is 0 Å². The molecule has 1 aliphatic rings. The van der Waals surface area contributed by atoms with Crippen molar-refractivity contribution in [1.29, 1.82) is 0 Å². The molecule has 20 heavy (non-hydrogen) atoms. The first-order chi connectivity index (χ1) is 9.61. The standard InChI is InChI=1S/C15H21BrN2O2/c1-2-9-17-14(11-3-4-11)8-6-12-5-7-13(16)10-15(12)18(19)20/h5,7,10-11,14,17H,2-4,6,8-9H2,1H3. The minimum atomic E-state index is -0.286.